The van der Waals surface area contributed by atoms with Crippen molar-refractivity contribution >= 4 is 28.6 Å². The van der Waals surface area contributed by atoms with Gasteiger partial charge in [0.1, 0.15) is 19.8 Å². The number of rotatable bonds is 3. The van der Waals surface area contributed by atoms with Gasteiger partial charge >= 0.3 is 5.76 Å². The van der Waals surface area contributed by atoms with Crippen LogP contribution in [0.15, 0.2) is 45.6 Å². The van der Waals surface area contributed by atoms with Gasteiger partial charge in [0, 0.05) is 17.6 Å². The molecule has 0 bridgehead atoms. The zero-order valence-electron chi connectivity index (χ0n) is 15.6. The molecule has 1 atom stereocenters. The molecule has 2 aliphatic rings. The predicted molar refractivity (Wildman–Crippen MR) is 107 cm³/mol. The Morgan fingerprint density at radius 2 is 1.93 bits per heavy atom. The molecule has 29 heavy (non-hydrogen) atoms. The van der Waals surface area contributed by atoms with Gasteiger partial charge in [0.25, 0.3) is 0 Å². The molecule has 0 radical (unpaired) electrons. The number of likely N-dealkylation sites (tertiary alicyclic amines) is 1. The molecule has 150 valence electrons. The number of carbonyl (C=O) groups is 1. The summed E-state index contributed by atoms with van der Waals surface area (Å²) >= 11 is 5.96. The van der Waals surface area contributed by atoms with Gasteiger partial charge in [-0.1, -0.05) is 17.7 Å². The highest BCUT2D eigenvalue weighted by molar-refractivity contribution is 6.31. The Kier molecular flexibility index (Phi) is 4.47. The zero-order valence-corrected chi connectivity index (χ0v) is 16.4. The quantitative estimate of drug-likeness (QED) is 0.656. The lowest BCUT2D eigenvalue weighted by molar-refractivity contribution is -0.132. The smallest absolute Gasteiger partial charge is 0.420 e. The number of carbonyl (C=O) groups excluding carboxylic acids is 1. The molecule has 3 heterocycles. The lowest BCUT2D eigenvalue weighted by Gasteiger charge is -2.27. The Hall–Kier alpha value is -2.93. The molecule has 1 aromatic heterocycles. The van der Waals surface area contributed by atoms with Crippen molar-refractivity contribution in [1.82, 2.24) is 9.47 Å². The first kappa shape index (κ1) is 18.1. The van der Waals surface area contributed by atoms with E-state index in [1.54, 1.807) is 18.2 Å². The van der Waals surface area contributed by atoms with E-state index < -0.39 is 5.76 Å². The second-order valence-corrected chi connectivity index (χ2v) is 7.65. The molecule has 5 rings (SSSR count). The van der Waals surface area contributed by atoms with Gasteiger partial charge in [-0.05, 0) is 42.7 Å². The monoisotopic (exact) mass is 414 g/mol. The largest absolute Gasteiger partial charge is 0.486 e. The van der Waals surface area contributed by atoms with Gasteiger partial charge in [0.2, 0.25) is 5.91 Å². The number of halogens is 1. The van der Waals surface area contributed by atoms with Crippen molar-refractivity contribution in [1.29, 1.82) is 0 Å². The predicted octanol–water partition coefficient (Wildman–Crippen LogP) is 3.38. The summed E-state index contributed by atoms with van der Waals surface area (Å²) in [5, 5.41) is 0.475. The minimum atomic E-state index is -0.564. The molecular weight excluding hydrogens is 396 g/mol. The highest BCUT2D eigenvalue weighted by atomic mass is 35.5. The van der Waals surface area contributed by atoms with Gasteiger partial charge in [-0.25, -0.2) is 4.79 Å². The number of nitrogens with zero attached hydrogens (tertiary/aromatic N) is 2. The second-order valence-electron chi connectivity index (χ2n) is 7.21. The number of benzene rings is 2. The van der Waals surface area contributed by atoms with E-state index in [1.165, 1.54) is 4.57 Å². The van der Waals surface area contributed by atoms with Crippen molar-refractivity contribution in [3.8, 4) is 11.5 Å². The summed E-state index contributed by atoms with van der Waals surface area (Å²) in [4.78, 5) is 27.2. The van der Waals surface area contributed by atoms with E-state index in [-0.39, 0.29) is 18.5 Å². The summed E-state index contributed by atoms with van der Waals surface area (Å²) < 4.78 is 17.9. The van der Waals surface area contributed by atoms with Crippen LogP contribution in [0.4, 0.5) is 0 Å². The van der Waals surface area contributed by atoms with Crippen molar-refractivity contribution in [3.05, 3.63) is 57.5 Å². The third kappa shape index (κ3) is 3.25. The van der Waals surface area contributed by atoms with Crippen molar-refractivity contribution in [2.24, 2.45) is 0 Å². The average Bonchev–Trinajstić information content (AvgIpc) is 3.32. The first-order valence-electron chi connectivity index (χ1n) is 9.58. The van der Waals surface area contributed by atoms with Crippen LogP contribution in [0.1, 0.15) is 24.4 Å². The van der Waals surface area contributed by atoms with Crippen LogP contribution in [0.5, 0.6) is 11.5 Å². The molecule has 1 fully saturated rings. The maximum Gasteiger partial charge on any atom is 0.420 e. The van der Waals surface area contributed by atoms with Crippen LogP contribution in [0, 0.1) is 0 Å². The molecule has 2 aromatic carbocycles. The Balaban J connectivity index is 1.41. The molecule has 2 aliphatic heterocycles. The molecule has 1 saturated heterocycles. The summed E-state index contributed by atoms with van der Waals surface area (Å²) in [5.41, 5.74) is 1.94. The standard InChI is InChI=1S/C21H19ClN2O5/c22-14-4-5-16-18(11-14)29-21(26)24(16)12-20(25)23-7-1-2-15(23)13-3-6-17-19(10-13)28-9-8-27-17/h3-6,10-11,15H,1-2,7-9,12H2/t15-/m0/s1. The van der Waals surface area contributed by atoms with Crippen molar-refractivity contribution < 1.29 is 18.7 Å². The summed E-state index contributed by atoms with van der Waals surface area (Å²) in [6.07, 6.45) is 1.77. The van der Waals surface area contributed by atoms with Crippen LogP contribution in [0.2, 0.25) is 5.02 Å². The van der Waals surface area contributed by atoms with Gasteiger partial charge in [0.15, 0.2) is 17.1 Å². The number of ether oxygens (including phenoxy) is 2. The molecule has 0 unspecified atom stereocenters. The minimum Gasteiger partial charge on any atom is -0.486 e. The van der Waals surface area contributed by atoms with E-state index in [2.05, 4.69) is 0 Å². The zero-order chi connectivity index (χ0) is 20.0. The Bertz CT molecular complexity index is 1150. The van der Waals surface area contributed by atoms with Crippen molar-refractivity contribution in [2.45, 2.75) is 25.4 Å². The van der Waals surface area contributed by atoms with Crippen LogP contribution >= 0.6 is 11.6 Å². The first-order valence-corrected chi connectivity index (χ1v) is 9.96. The molecule has 0 spiro atoms. The number of fused-ring (bicyclic) bond motifs is 2. The Morgan fingerprint density at radius 3 is 2.79 bits per heavy atom. The molecular formula is C21H19ClN2O5. The van der Waals surface area contributed by atoms with Crippen molar-refractivity contribution in [3.63, 3.8) is 0 Å². The first-order chi connectivity index (χ1) is 14.1. The lowest BCUT2D eigenvalue weighted by atomic mass is 10.0. The third-order valence-corrected chi connectivity index (χ3v) is 5.68. The highest BCUT2D eigenvalue weighted by Gasteiger charge is 2.31. The second kappa shape index (κ2) is 7.15. The van der Waals surface area contributed by atoms with E-state index >= 15 is 0 Å². The maximum absolute atomic E-state index is 13.1. The molecule has 7 nitrogen and oxygen atoms in total. The lowest BCUT2D eigenvalue weighted by Crippen LogP contribution is -2.35. The van der Waals surface area contributed by atoms with Gasteiger partial charge < -0.3 is 18.8 Å². The molecule has 0 saturated carbocycles. The Morgan fingerprint density at radius 1 is 1.10 bits per heavy atom. The van der Waals surface area contributed by atoms with Crippen LogP contribution < -0.4 is 15.2 Å². The van der Waals surface area contributed by atoms with Crippen LogP contribution in [-0.4, -0.2) is 35.1 Å². The molecule has 1 amide bonds. The molecule has 0 N–H and O–H groups in total. The number of hydrogen-bond acceptors (Lipinski definition) is 5. The molecule has 8 heteroatoms. The van der Waals surface area contributed by atoms with Gasteiger partial charge in [-0.15, -0.1) is 0 Å². The number of amides is 1. The number of aromatic nitrogens is 1. The summed E-state index contributed by atoms with van der Waals surface area (Å²) in [6.45, 7) is 1.63. The topological polar surface area (TPSA) is 73.9 Å². The molecule has 0 aliphatic carbocycles. The number of hydrogen-bond donors (Lipinski definition) is 0. The van der Waals surface area contributed by atoms with E-state index in [0.29, 0.717) is 41.6 Å². The van der Waals surface area contributed by atoms with Gasteiger partial charge in [0.05, 0.1) is 11.6 Å². The van der Waals surface area contributed by atoms with Gasteiger partial charge in [-0.2, -0.15) is 0 Å². The number of oxazole rings is 1. The van der Waals surface area contributed by atoms with E-state index in [9.17, 15) is 9.59 Å². The van der Waals surface area contributed by atoms with E-state index in [1.807, 2.05) is 23.1 Å². The minimum absolute atomic E-state index is 0.0540. The highest BCUT2D eigenvalue weighted by Crippen LogP contribution is 2.38. The molecule has 3 aromatic rings. The maximum atomic E-state index is 13.1. The van der Waals surface area contributed by atoms with Crippen LogP contribution in [0.3, 0.4) is 0 Å². The van der Waals surface area contributed by atoms with E-state index in [4.69, 9.17) is 25.5 Å². The summed E-state index contributed by atoms with van der Waals surface area (Å²) in [6, 6.07) is 10.7. The fourth-order valence-corrected chi connectivity index (χ4v) is 4.26. The van der Waals surface area contributed by atoms with Gasteiger partial charge in [-0.3, -0.25) is 9.36 Å². The fraction of sp³-hybridized carbons (Fsp3) is 0.333. The average molecular weight is 415 g/mol. The fourth-order valence-electron chi connectivity index (χ4n) is 4.10. The van der Waals surface area contributed by atoms with Crippen LogP contribution in [0.25, 0.3) is 11.1 Å². The van der Waals surface area contributed by atoms with Crippen LogP contribution in [-0.2, 0) is 11.3 Å². The summed E-state index contributed by atoms with van der Waals surface area (Å²) in [5.74, 6) is 0.751. The normalized spacial score (nSPS) is 18.4. The SMILES string of the molecule is O=C(Cn1c(=O)oc2cc(Cl)ccc21)N1CCC[C@H]1c1ccc2c(c1)OCCO2. The third-order valence-electron chi connectivity index (χ3n) is 5.45. The summed E-state index contributed by atoms with van der Waals surface area (Å²) in [7, 11) is 0. The van der Waals surface area contributed by atoms with E-state index in [0.717, 1.165) is 24.2 Å². The van der Waals surface area contributed by atoms with Crippen molar-refractivity contribution in [2.75, 3.05) is 19.8 Å². The Labute approximate surface area is 171 Å².